The quantitative estimate of drug-likeness (QED) is 0.457. The van der Waals surface area contributed by atoms with Crippen molar-refractivity contribution >= 4 is 33.9 Å². The Kier molecular flexibility index (Phi) is 5.85. The third-order valence-electron chi connectivity index (χ3n) is 5.36. The van der Waals surface area contributed by atoms with Crippen LogP contribution in [0.15, 0.2) is 42.5 Å². The number of rotatable bonds is 7. The number of anilines is 1. The minimum Gasteiger partial charge on any atom is -0.497 e. The van der Waals surface area contributed by atoms with E-state index in [1.54, 1.807) is 30.9 Å². The summed E-state index contributed by atoms with van der Waals surface area (Å²) >= 11 is 0. The van der Waals surface area contributed by atoms with Gasteiger partial charge in [0.25, 0.3) is 5.91 Å². The zero-order valence-corrected chi connectivity index (χ0v) is 18.7. The number of nitrogens with two attached hydrogens (primary N) is 1. The minimum atomic E-state index is -0.274. The lowest BCUT2D eigenvalue weighted by Gasteiger charge is -2.14. The van der Waals surface area contributed by atoms with Crippen LogP contribution in [0.4, 0.5) is 5.82 Å². The molecule has 0 saturated heterocycles. The van der Waals surface area contributed by atoms with Gasteiger partial charge in [0.05, 0.1) is 30.9 Å². The van der Waals surface area contributed by atoms with Crippen LogP contribution in [0.25, 0.3) is 27.9 Å². The normalized spacial score (nSPS) is 11.3. The number of carbonyl (C=O) groups is 1. The number of hydrogen-bond acceptors (Lipinski definition) is 6. The Morgan fingerprint density at radius 2 is 1.81 bits per heavy atom. The van der Waals surface area contributed by atoms with Crippen LogP contribution in [0, 0.1) is 5.92 Å². The average molecular weight is 434 g/mol. The highest BCUT2D eigenvalue weighted by Crippen LogP contribution is 2.36. The first-order valence-electron chi connectivity index (χ1n) is 10.5. The van der Waals surface area contributed by atoms with Crippen molar-refractivity contribution in [1.29, 1.82) is 0 Å². The van der Waals surface area contributed by atoms with Crippen LogP contribution in [-0.2, 0) is 0 Å². The molecule has 0 fully saturated rings. The lowest BCUT2D eigenvalue weighted by molar-refractivity contribution is 0.0954. The van der Waals surface area contributed by atoms with E-state index in [0.29, 0.717) is 57.4 Å². The standard InChI is InChI=1S/C24H27N5O3/c1-14(2)11-12-26-24(30)20-21-23(28-17-8-6-5-7-16(17)27-21)29(22(20)25)18-10-9-15(31-3)13-19(18)32-4/h5-10,13-14H,11-12,25H2,1-4H3,(H,26,30). The van der Waals surface area contributed by atoms with Crippen molar-refractivity contribution in [2.45, 2.75) is 20.3 Å². The van der Waals surface area contributed by atoms with E-state index in [9.17, 15) is 4.79 Å². The third kappa shape index (κ3) is 3.79. The molecule has 0 aliphatic carbocycles. The first kappa shape index (κ1) is 21.4. The molecule has 2 aromatic heterocycles. The van der Waals surface area contributed by atoms with Crippen molar-refractivity contribution in [2.75, 3.05) is 26.5 Å². The number of aromatic nitrogens is 3. The molecule has 2 aromatic carbocycles. The topological polar surface area (TPSA) is 104 Å². The Hall–Kier alpha value is -3.81. The lowest BCUT2D eigenvalue weighted by Crippen LogP contribution is -2.26. The summed E-state index contributed by atoms with van der Waals surface area (Å²) in [5.74, 6) is 1.63. The van der Waals surface area contributed by atoms with E-state index in [-0.39, 0.29) is 11.7 Å². The highest BCUT2D eigenvalue weighted by atomic mass is 16.5. The van der Waals surface area contributed by atoms with Gasteiger partial charge in [-0.25, -0.2) is 9.97 Å². The fourth-order valence-electron chi connectivity index (χ4n) is 3.66. The van der Waals surface area contributed by atoms with Crippen LogP contribution >= 0.6 is 0 Å². The zero-order chi connectivity index (χ0) is 22.8. The van der Waals surface area contributed by atoms with Gasteiger partial charge >= 0.3 is 0 Å². The summed E-state index contributed by atoms with van der Waals surface area (Å²) < 4.78 is 12.6. The van der Waals surface area contributed by atoms with E-state index in [0.717, 1.165) is 6.42 Å². The van der Waals surface area contributed by atoms with E-state index in [2.05, 4.69) is 19.2 Å². The maximum Gasteiger partial charge on any atom is 0.257 e. The van der Waals surface area contributed by atoms with Crippen molar-refractivity contribution in [2.24, 2.45) is 5.92 Å². The van der Waals surface area contributed by atoms with Crippen LogP contribution in [0.1, 0.15) is 30.6 Å². The first-order valence-corrected chi connectivity index (χ1v) is 10.5. The van der Waals surface area contributed by atoms with Crippen LogP contribution < -0.4 is 20.5 Å². The summed E-state index contributed by atoms with van der Waals surface area (Å²) in [6.45, 7) is 4.77. The van der Waals surface area contributed by atoms with Gasteiger partial charge in [-0.05, 0) is 36.6 Å². The van der Waals surface area contributed by atoms with Gasteiger partial charge in [0.15, 0.2) is 5.65 Å². The predicted molar refractivity (Wildman–Crippen MR) is 126 cm³/mol. The van der Waals surface area contributed by atoms with Gasteiger partial charge in [0, 0.05) is 12.6 Å². The van der Waals surface area contributed by atoms with E-state index in [1.165, 1.54) is 0 Å². The molecule has 32 heavy (non-hydrogen) atoms. The monoisotopic (exact) mass is 433 g/mol. The van der Waals surface area contributed by atoms with Gasteiger partial charge in [0.2, 0.25) is 0 Å². The highest BCUT2D eigenvalue weighted by Gasteiger charge is 2.26. The van der Waals surface area contributed by atoms with Gasteiger partial charge in [-0.15, -0.1) is 0 Å². The Morgan fingerprint density at radius 1 is 1.09 bits per heavy atom. The van der Waals surface area contributed by atoms with E-state index >= 15 is 0 Å². The predicted octanol–water partition coefficient (Wildman–Crippen LogP) is 3.95. The minimum absolute atomic E-state index is 0.251. The molecule has 8 heteroatoms. The number of benzene rings is 2. The molecule has 0 radical (unpaired) electrons. The molecular formula is C24H27N5O3. The molecule has 0 aliphatic rings. The van der Waals surface area contributed by atoms with Crippen molar-refractivity contribution < 1.29 is 14.3 Å². The van der Waals surface area contributed by atoms with Crippen molar-refractivity contribution in [3.05, 3.63) is 48.0 Å². The second-order valence-corrected chi connectivity index (χ2v) is 7.96. The van der Waals surface area contributed by atoms with Crippen molar-refractivity contribution in [1.82, 2.24) is 19.9 Å². The van der Waals surface area contributed by atoms with Crippen LogP contribution in [0.3, 0.4) is 0 Å². The van der Waals surface area contributed by atoms with Gasteiger partial charge in [-0.3, -0.25) is 9.36 Å². The number of para-hydroxylation sites is 2. The number of hydrogen-bond donors (Lipinski definition) is 2. The van der Waals surface area contributed by atoms with Crippen LogP contribution in [0.5, 0.6) is 11.5 Å². The fraction of sp³-hybridized carbons (Fsp3) is 0.292. The molecule has 0 bridgehead atoms. The van der Waals surface area contributed by atoms with E-state index in [4.69, 9.17) is 25.2 Å². The summed E-state index contributed by atoms with van der Waals surface area (Å²) in [6.07, 6.45) is 0.866. The molecule has 0 atom stereocenters. The number of methoxy groups -OCH3 is 2. The molecule has 8 nitrogen and oxygen atoms in total. The van der Waals surface area contributed by atoms with Gasteiger partial charge in [-0.1, -0.05) is 26.0 Å². The number of amides is 1. The Morgan fingerprint density at radius 3 is 2.47 bits per heavy atom. The smallest absolute Gasteiger partial charge is 0.257 e. The van der Waals surface area contributed by atoms with Crippen molar-refractivity contribution in [3.8, 4) is 17.2 Å². The van der Waals surface area contributed by atoms with Gasteiger partial charge in [-0.2, -0.15) is 0 Å². The summed E-state index contributed by atoms with van der Waals surface area (Å²) in [5, 5.41) is 2.97. The summed E-state index contributed by atoms with van der Waals surface area (Å²) in [6, 6.07) is 12.9. The Balaban J connectivity index is 1.96. The second-order valence-electron chi connectivity index (χ2n) is 7.96. The Bertz CT molecular complexity index is 1300. The number of nitrogens with zero attached hydrogens (tertiary/aromatic N) is 3. The third-order valence-corrected chi connectivity index (χ3v) is 5.36. The fourth-order valence-corrected chi connectivity index (χ4v) is 3.66. The van der Waals surface area contributed by atoms with Gasteiger partial charge < -0.3 is 20.5 Å². The summed E-state index contributed by atoms with van der Waals surface area (Å²) in [5.41, 5.74) is 9.85. The molecule has 0 aliphatic heterocycles. The molecule has 0 unspecified atom stereocenters. The molecule has 166 valence electrons. The number of fused-ring (bicyclic) bond motifs is 2. The van der Waals surface area contributed by atoms with E-state index < -0.39 is 0 Å². The van der Waals surface area contributed by atoms with Gasteiger partial charge in [0.1, 0.15) is 28.4 Å². The molecule has 4 rings (SSSR count). The SMILES string of the molecule is COc1ccc(-n2c(N)c(C(=O)NCCC(C)C)c3nc4ccccc4nc32)c(OC)c1. The Labute approximate surface area is 186 Å². The number of carbonyl (C=O) groups excluding carboxylic acids is 1. The molecule has 0 saturated carbocycles. The maximum atomic E-state index is 13.2. The molecule has 3 N–H and O–H groups in total. The molecule has 0 spiro atoms. The number of nitrogen functional groups attached to an aromatic ring is 1. The zero-order valence-electron chi connectivity index (χ0n) is 18.7. The second kappa shape index (κ2) is 8.74. The average Bonchev–Trinajstić information content (AvgIpc) is 3.07. The molecular weight excluding hydrogens is 406 g/mol. The maximum absolute atomic E-state index is 13.2. The summed E-state index contributed by atoms with van der Waals surface area (Å²) in [7, 11) is 3.16. The molecule has 2 heterocycles. The molecule has 1 amide bonds. The highest BCUT2D eigenvalue weighted by molar-refractivity contribution is 6.11. The number of nitrogens with one attached hydrogen (secondary N) is 1. The lowest BCUT2D eigenvalue weighted by atomic mass is 10.1. The van der Waals surface area contributed by atoms with Crippen LogP contribution in [-0.4, -0.2) is 41.2 Å². The van der Waals surface area contributed by atoms with Crippen LogP contribution in [0.2, 0.25) is 0 Å². The number of ether oxygens (including phenoxy) is 2. The molecule has 4 aromatic rings. The first-order chi connectivity index (χ1) is 15.4. The van der Waals surface area contributed by atoms with Crippen molar-refractivity contribution in [3.63, 3.8) is 0 Å². The largest absolute Gasteiger partial charge is 0.497 e. The summed E-state index contributed by atoms with van der Waals surface area (Å²) in [4.78, 5) is 22.7. The van der Waals surface area contributed by atoms with E-state index in [1.807, 2.05) is 30.3 Å².